The van der Waals surface area contributed by atoms with E-state index < -0.39 is 12.2 Å². The van der Waals surface area contributed by atoms with Gasteiger partial charge in [0.1, 0.15) is 18.6 Å². The van der Waals surface area contributed by atoms with Crippen molar-refractivity contribution in [1.29, 1.82) is 0 Å². The van der Waals surface area contributed by atoms with Crippen molar-refractivity contribution in [2.24, 2.45) is 5.92 Å². The van der Waals surface area contributed by atoms with Crippen LogP contribution < -0.4 is 15.4 Å². The van der Waals surface area contributed by atoms with Gasteiger partial charge in [-0.1, -0.05) is 73.7 Å². The lowest BCUT2D eigenvalue weighted by Crippen LogP contribution is -2.42. The third-order valence-corrected chi connectivity index (χ3v) is 8.17. The van der Waals surface area contributed by atoms with E-state index in [0.717, 1.165) is 42.4 Å². The van der Waals surface area contributed by atoms with Crippen molar-refractivity contribution in [3.05, 3.63) is 101 Å². The van der Waals surface area contributed by atoms with Gasteiger partial charge in [-0.15, -0.1) is 0 Å². The number of carbonyl (C=O) groups excluding carboxylic acids is 3. The molecule has 10 heteroatoms. The summed E-state index contributed by atoms with van der Waals surface area (Å²) in [6.07, 6.45) is 3.13. The largest absolute Gasteiger partial charge is 0.494 e. The predicted molar refractivity (Wildman–Crippen MR) is 195 cm³/mol. The fraction of sp³-hybridized carbons (Fsp3) is 0.475. The van der Waals surface area contributed by atoms with Crippen LogP contribution in [0.1, 0.15) is 62.3 Å². The monoisotopic (exact) mass is 689 g/mol. The predicted octanol–water partition coefficient (Wildman–Crippen LogP) is 4.87. The summed E-state index contributed by atoms with van der Waals surface area (Å²) in [4.78, 5) is 38.1. The summed E-state index contributed by atoms with van der Waals surface area (Å²) in [6, 6.07) is 25.3. The van der Waals surface area contributed by atoms with Gasteiger partial charge in [0.25, 0.3) is 0 Å². The average Bonchev–Trinajstić information content (AvgIpc) is 3.49. The van der Waals surface area contributed by atoms with Gasteiger partial charge in [0.05, 0.1) is 18.8 Å². The molecule has 0 saturated carbocycles. The van der Waals surface area contributed by atoms with E-state index in [-0.39, 0.29) is 50.1 Å². The van der Waals surface area contributed by atoms with Gasteiger partial charge >= 0.3 is 6.09 Å². The van der Waals surface area contributed by atoms with Crippen LogP contribution in [0.5, 0.6) is 5.75 Å². The molecule has 0 heterocycles. The Morgan fingerprint density at radius 3 is 2.22 bits per heavy atom. The van der Waals surface area contributed by atoms with Crippen molar-refractivity contribution < 1.29 is 34.1 Å². The molecule has 1 aliphatic rings. The number of rotatable bonds is 19. The third-order valence-electron chi connectivity index (χ3n) is 8.17. The number of nitrogens with zero attached hydrogens (tertiary/aromatic N) is 1. The zero-order valence-electron chi connectivity index (χ0n) is 29.8. The SMILES string of the molecule is CCCOc1ccc(CC(C=O)CC(O)CN(CCNC(=O)OCc2ccccc2)CCC(=O)NC(C)C)cc1.OC1Cc2ccccc2C1. The van der Waals surface area contributed by atoms with Gasteiger partial charge in [-0.25, -0.2) is 4.79 Å². The first-order chi connectivity index (χ1) is 24.1. The number of amides is 2. The Hall–Kier alpha value is -4.25. The number of aliphatic hydroxyl groups excluding tert-OH is 2. The molecule has 0 radical (unpaired) electrons. The maximum atomic E-state index is 12.2. The van der Waals surface area contributed by atoms with Gasteiger partial charge in [-0.2, -0.15) is 0 Å². The smallest absolute Gasteiger partial charge is 0.407 e. The Balaban J connectivity index is 0.000000569. The highest BCUT2D eigenvalue weighted by Gasteiger charge is 2.20. The van der Waals surface area contributed by atoms with E-state index in [1.54, 1.807) is 0 Å². The Bertz CT molecular complexity index is 1390. The maximum absolute atomic E-state index is 12.2. The number of alkyl carbamates (subject to hydrolysis) is 1. The van der Waals surface area contributed by atoms with E-state index in [2.05, 4.69) is 22.8 Å². The molecule has 3 aromatic carbocycles. The minimum Gasteiger partial charge on any atom is -0.494 e. The molecule has 4 rings (SSSR count). The second-order valence-electron chi connectivity index (χ2n) is 13.1. The lowest BCUT2D eigenvalue weighted by molar-refractivity contribution is -0.122. The first-order valence-electron chi connectivity index (χ1n) is 17.7. The lowest BCUT2D eigenvalue weighted by atomic mass is 9.94. The molecule has 0 bridgehead atoms. The topological polar surface area (TPSA) is 137 Å². The lowest BCUT2D eigenvalue weighted by Gasteiger charge is -2.26. The summed E-state index contributed by atoms with van der Waals surface area (Å²) < 4.78 is 10.9. The van der Waals surface area contributed by atoms with Gasteiger partial charge in [0, 0.05) is 44.6 Å². The molecule has 2 amide bonds. The zero-order valence-corrected chi connectivity index (χ0v) is 29.8. The molecule has 0 saturated heterocycles. The van der Waals surface area contributed by atoms with Crippen LogP contribution in [0.15, 0.2) is 78.9 Å². The molecular weight excluding hydrogens is 634 g/mol. The summed E-state index contributed by atoms with van der Waals surface area (Å²) in [7, 11) is 0. The van der Waals surface area contributed by atoms with E-state index in [9.17, 15) is 24.6 Å². The van der Waals surface area contributed by atoms with E-state index in [0.29, 0.717) is 32.5 Å². The average molecular weight is 690 g/mol. The summed E-state index contributed by atoms with van der Waals surface area (Å²) in [5, 5.41) is 25.7. The molecule has 2 unspecified atom stereocenters. The minimum atomic E-state index is -0.777. The highest BCUT2D eigenvalue weighted by molar-refractivity contribution is 5.76. The van der Waals surface area contributed by atoms with Crippen LogP contribution in [0, 0.1) is 5.92 Å². The second-order valence-corrected chi connectivity index (χ2v) is 13.1. The Morgan fingerprint density at radius 1 is 0.940 bits per heavy atom. The first kappa shape index (κ1) is 40.2. The number of ether oxygens (including phenoxy) is 2. The van der Waals surface area contributed by atoms with Crippen LogP contribution in [0.2, 0.25) is 0 Å². The third kappa shape index (κ3) is 16.0. The molecule has 10 nitrogen and oxygen atoms in total. The van der Waals surface area contributed by atoms with E-state index in [4.69, 9.17) is 9.47 Å². The quantitative estimate of drug-likeness (QED) is 0.131. The van der Waals surface area contributed by atoms with Crippen LogP contribution in [0.4, 0.5) is 4.79 Å². The molecule has 1 aliphatic carbocycles. The molecule has 272 valence electrons. The second kappa shape index (κ2) is 22.5. The molecule has 2 atom stereocenters. The number of benzene rings is 3. The molecule has 3 aromatic rings. The van der Waals surface area contributed by atoms with Gasteiger partial charge in [0.15, 0.2) is 0 Å². The number of nitrogens with one attached hydrogen (secondary N) is 2. The number of hydrogen-bond donors (Lipinski definition) is 4. The van der Waals surface area contributed by atoms with Crippen molar-refractivity contribution in [2.75, 3.05) is 32.8 Å². The molecule has 0 spiro atoms. The maximum Gasteiger partial charge on any atom is 0.407 e. The Kier molecular flexibility index (Phi) is 18.1. The standard InChI is InChI=1S/C31H45N3O6.C9H10O/c1-4-18-39-29-12-10-25(11-13-29)19-27(22-35)20-28(36)21-34(16-14-30(37)33-24(2)3)17-15-32-31(38)40-23-26-8-6-5-7-9-26;10-9-5-7-3-1-2-4-8(7)6-9/h5-13,22,24,27-28,36H,4,14-21,23H2,1-3H3,(H,32,38)(H,33,37);1-4,9-10H,5-6H2. The number of carbonyl (C=O) groups is 3. The highest BCUT2D eigenvalue weighted by Crippen LogP contribution is 2.21. The van der Waals surface area contributed by atoms with Crippen LogP contribution >= 0.6 is 0 Å². The molecule has 0 fully saturated rings. The van der Waals surface area contributed by atoms with Crippen LogP contribution in [0.25, 0.3) is 0 Å². The number of aliphatic hydroxyl groups is 2. The van der Waals surface area contributed by atoms with E-state index in [1.807, 2.05) is 92.4 Å². The zero-order chi connectivity index (χ0) is 36.1. The van der Waals surface area contributed by atoms with Crippen molar-refractivity contribution in [2.45, 2.75) is 84.2 Å². The van der Waals surface area contributed by atoms with Gasteiger partial charge < -0.3 is 35.1 Å². The minimum absolute atomic E-state index is 0.0354. The summed E-state index contributed by atoms with van der Waals surface area (Å²) in [5.41, 5.74) is 4.52. The highest BCUT2D eigenvalue weighted by atomic mass is 16.5. The van der Waals surface area contributed by atoms with Gasteiger partial charge in [-0.05, 0) is 80.3 Å². The Labute approximate surface area is 297 Å². The Morgan fingerprint density at radius 2 is 1.60 bits per heavy atom. The van der Waals surface area contributed by atoms with Gasteiger partial charge in [0.2, 0.25) is 5.91 Å². The fourth-order valence-electron chi connectivity index (χ4n) is 5.73. The van der Waals surface area contributed by atoms with Crippen molar-refractivity contribution >= 4 is 18.3 Å². The normalized spacial score (nSPS) is 13.5. The molecule has 0 aromatic heterocycles. The van der Waals surface area contributed by atoms with Gasteiger partial charge in [-0.3, -0.25) is 9.69 Å². The van der Waals surface area contributed by atoms with Crippen LogP contribution in [0.3, 0.4) is 0 Å². The molecule has 4 N–H and O–H groups in total. The van der Waals surface area contributed by atoms with E-state index in [1.165, 1.54) is 11.1 Å². The molecular formula is C40H55N3O7. The molecule has 50 heavy (non-hydrogen) atoms. The number of aldehydes is 1. The summed E-state index contributed by atoms with van der Waals surface area (Å²) in [5.74, 6) is 0.361. The fourth-order valence-corrected chi connectivity index (χ4v) is 5.73. The van der Waals surface area contributed by atoms with Crippen LogP contribution in [-0.4, -0.2) is 84.4 Å². The first-order valence-corrected chi connectivity index (χ1v) is 17.7. The van der Waals surface area contributed by atoms with Crippen molar-refractivity contribution in [3.63, 3.8) is 0 Å². The van der Waals surface area contributed by atoms with Crippen molar-refractivity contribution in [3.8, 4) is 5.75 Å². The summed E-state index contributed by atoms with van der Waals surface area (Å²) >= 11 is 0. The van der Waals surface area contributed by atoms with Crippen molar-refractivity contribution in [1.82, 2.24) is 15.5 Å². The van der Waals surface area contributed by atoms with Crippen LogP contribution in [-0.2, 0) is 40.2 Å². The molecule has 0 aliphatic heterocycles. The van der Waals surface area contributed by atoms with E-state index >= 15 is 0 Å². The summed E-state index contributed by atoms with van der Waals surface area (Å²) in [6.45, 7) is 8.05. The number of hydrogen-bond acceptors (Lipinski definition) is 8. The number of fused-ring (bicyclic) bond motifs is 1.